The number of aromatic nitrogens is 2. The van der Waals surface area contributed by atoms with Gasteiger partial charge in [-0.05, 0) is 61.8 Å². The average Bonchev–Trinajstić information content (AvgIpc) is 2.76. The summed E-state index contributed by atoms with van der Waals surface area (Å²) in [5, 5.41) is 0. The van der Waals surface area contributed by atoms with Crippen LogP contribution in [0, 0.1) is 11.8 Å². The number of benzene rings is 1. The van der Waals surface area contributed by atoms with Crippen molar-refractivity contribution in [2.24, 2.45) is 11.8 Å². The Hall–Kier alpha value is -2.54. The maximum Gasteiger partial charge on any atom is 0.223 e. The summed E-state index contributed by atoms with van der Waals surface area (Å²) in [7, 11) is 1.74. The topological polar surface area (TPSA) is 93.5 Å². The number of piperidine rings is 3. The van der Waals surface area contributed by atoms with Crippen molar-refractivity contribution in [3.05, 3.63) is 35.9 Å². The second kappa shape index (κ2) is 7.95. The van der Waals surface area contributed by atoms with Crippen LogP contribution in [-0.2, 0) is 6.42 Å². The van der Waals surface area contributed by atoms with Crippen LogP contribution in [0.1, 0.15) is 31.2 Å². The van der Waals surface area contributed by atoms with Gasteiger partial charge in [-0.3, -0.25) is 4.90 Å². The summed E-state index contributed by atoms with van der Waals surface area (Å²) in [4.78, 5) is 13.8. The minimum Gasteiger partial charge on any atom is -0.497 e. The van der Waals surface area contributed by atoms with E-state index in [9.17, 15) is 0 Å². The van der Waals surface area contributed by atoms with Gasteiger partial charge in [0.15, 0.2) is 0 Å². The standard InChI is InChI=1S/C23H32N6O/c1-30-18-6-4-5-15(9-18)10-20-17-11-16(19-7-2-3-8-29(19)20)13-28(14-17)22-12-21(24)26-23(25)27-22/h4-6,9,12,16-17,19-20H,2-3,7-8,10-11,13-14H2,1H3,(H4,24,25,26,27)/t16-,17+,19+,20+/m1/s1. The van der Waals surface area contributed by atoms with Crippen LogP contribution in [0.4, 0.5) is 17.6 Å². The number of nitrogen functional groups attached to an aromatic ring is 2. The van der Waals surface area contributed by atoms with Crippen LogP contribution in [0.5, 0.6) is 5.75 Å². The molecule has 3 aliphatic rings. The maximum absolute atomic E-state index is 5.97. The van der Waals surface area contributed by atoms with Crippen LogP contribution in [0.25, 0.3) is 0 Å². The molecule has 3 saturated heterocycles. The number of hydrogen-bond donors (Lipinski definition) is 2. The molecule has 0 amide bonds. The van der Waals surface area contributed by atoms with E-state index in [2.05, 4.69) is 38.0 Å². The fourth-order valence-corrected chi connectivity index (χ4v) is 6.05. The van der Waals surface area contributed by atoms with Gasteiger partial charge in [-0.2, -0.15) is 9.97 Å². The Balaban J connectivity index is 1.44. The van der Waals surface area contributed by atoms with Crippen LogP contribution < -0.4 is 21.1 Å². The van der Waals surface area contributed by atoms with Crippen molar-refractivity contribution in [3.8, 4) is 5.75 Å². The first-order valence-electron chi connectivity index (χ1n) is 11.1. The maximum atomic E-state index is 5.97. The number of methoxy groups -OCH3 is 1. The number of nitrogens with zero attached hydrogens (tertiary/aromatic N) is 4. The van der Waals surface area contributed by atoms with Gasteiger partial charge in [0, 0.05) is 31.2 Å². The number of fused-ring (bicyclic) bond motifs is 4. The van der Waals surface area contributed by atoms with Gasteiger partial charge in [-0.1, -0.05) is 18.6 Å². The fourth-order valence-electron chi connectivity index (χ4n) is 6.05. The lowest BCUT2D eigenvalue weighted by Gasteiger charge is -2.57. The minimum absolute atomic E-state index is 0.257. The third kappa shape index (κ3) is 3.67. The summed E-state index contributed by atoms with van der Waals surface area (Å²) < 4.78 is 5.47. The first-order chi connectivity index (χ1) is 14.6. The second-order valence-corrected chi connectivity index (χ2v) is 9.09. The Bertz CT molecular complexity index is 885. The Morgan fingerprint density at radius 2 is 1.97 bits per heavy atom. The van der Waals surface area contributed by atoms with Crippen LogP contribution >= 0.6 is 0 Å². The van der Waals surface area contributed by atoms with Crippen LogP contribution in [0.3, 0.4) is 0 Å². The zero-order valence-corrected chi connectivity index (χ0v) is 17.7. The molecule has 0 spiro atoms. The van der Waals surface area contributed by atoms with Gasteiger partial charge in [0.2, 0.25) is 5.95 Å². The second-order valence-electron chi connectivity index (χ2n) is 9.09. The third-order valence-electron chi connectivity index (χ3n) is 7.27. The van der Waals surface area contributed by atoms with Gasteiger partial charge in [-0.15, -0.1) is 0 Å². The molecule has 4 atom stereocenters. The van der Waals surface area contributed by atoms with Gasteiger partial charge in [0.05, 0.1) is 7.11 Å². The summed E-state index contributed by atoms with van der Waals surface area (Å²) in [6.07, 6.45) is 6.30. The Morgan fingerprint density at radius 3 is 2.80 bits per heavy atom. The van der Waals surface area contributed by atoms with Crippen molar-refractivity contribution in [3.63, 3.8) is 0 Å². The van der Waals surface area contributed by atoms with Gasteiger partial charge < -0.3 is 21.1 Å². The number of nitrogens with two attached hydrogens (primary N) is 2. The molecule has 5 rings (SSSR count). The number of hydrogen-bond acceptors (Lipinski definition) is 7. The van der Waals surface area contributed by atoms with E-state index >= 15 is 0 Å². The molecule has 3 fully saturated rings. The number of anilines is 3. The zero-order chi connectivity index (χ0) is 20.7. The Labute approximate surface area is 178 Å². The van der Waals surface area contributed by atoms with Crippen LogP contribution in [-0.4, -0.2) is 53.7 Å². The molecule has 0 aliphatic carbocycles. The van der Waals surface area contributed by atoms with Gasteiger partial charge in [0.25, 0.3) is 0 Å². The van der Waals surface area contributed by atoms with Crippen molar-refractivity contribution in [1.82, 2.24) is 14.9 Å². The largest absolute Gasteiger partial charge is 0.497 e. The molecule has 30 heavy (non-hydrogen) atoms. The van der Waals surface area contributed by atoms with E-state index in [0.29, 0.717) is 29.7 Å². The quantitative estimate of drug-likeness (QED) is 0.803. The molecule has 7 nitrogen and oxygen atoms in total. The lowest BCUT2D eigenvalue weighted by molar-refractivity contribution is -0.0318. The first kappa shape index (κ1) is 19.4. The predicted molar refractivity (Wildman–Crippen MR) is 119 cm³/mol. The van der Waals surface area contributed by atoms with E-state index in [0.717, 1.165) is 31.1 Å². The molecular weight excluding hydrogens is 376 g/mol. The van der Waals surface area contributed by atoms with Crippen molar-refractivity contribution < 1.29 is 4.74 Å². The number of ether oxygens (including phenoxy) is 1. The molecule has 0 radical (unpaired) electrons. The fraction of sp³-hybridized carbons (Fsp3) is 0.565. The molecule has 3 aliphatic heterocycles. The van der Waals surface area contributed by atoms with Crippen molar-refractivity contribution in [2.45, 2.75) is 44.2 Å². The van der Waals surface area contributed by atoms with Gasteiger partial charge in [0.1, 0.15) is 17.4 Å². The summed E-state index contributed by atoms with van der Waals surface area (Å²) in [5.41, 5.74) is 13.2. The van der Waals surface area contributed by atoms with E-state index in [1.807, 2.05) is 12.1 Å². The van der Waals surface area contributed by atoms with Gasteiger partial charge in [-0.25, -0.2) is 0 Å². The lowest BCUT2D eigenvalue weighted by atomic mass is 9.71. The zero-order valence-electron chi connectivity index (χ0n) is 17.7. The highest BCUT2D eigenvalue weighted by Gasteiger charge is 2.47. The molecule has 1 aromatic heterocycles. The molecule has 2 aromatic rings. The average molecular weight is 409 g/mol. The molecule has 2 bridgehead atoms. The Morgan fingerprint density at radius 1 is 1.10 bits per heavy atom. The molecule has 0 saturated carbocycles. The molecule has 7 heteroatoms. The molecule has 0 unspecified atom stereocenters. The lowest BCUT2D eigenvalue weighted by Crippen LogP contribution is -2.64. The predicted octanol–water partition coefficient (Wildman–Crippen LogP) is 2.57. The van der Waals surface area contributed by atoms with E-state index in [4.69, 9.17) is 16.2 Å². The molecule has 4 heterocycles. The van der Waals surface area contributed by atoms with Crippen LogP contribution in [0.15, 0.2) is 30.3 Å². The number of rotatable bonds is 4. The van der Waals surface area contributed by atoms with E-state index < -0.39 is 0 Å². The van der Waals surface area contributed by atoms with Gasteiger partial charge >= 0.3 is 0 Å². The first-order valence-corrected chi connectivity index (χ1v) is 11.1. The minimum atomic E-state index is 0.257. The smallest absolute Gasteiger partial charge is 0.223 e. The highest BCUT2D eigenvalue weighted by Crippen LogP contribution is 2.43. The monoisotopic (exact) mass is 408 g/mol. The summed E-state index contributed by atoms with van der Waals surface area (Å²) >= 11 is 0. The summed E-state index contributed by atoms with van der Waals surface area (Å²) in [6, 6.07) is 11.6. The highest BCUT2D eigenvalue weighted by molar-refractivity contribution is 5.51. The summed E-state index contributed by atoms with van der Waals surface area (Å²) in [6.45, 7) is 3.24. The third-order valence-corrected chi connectivity index (χ3v) is 7.27. The van der Waals surface area contributed by atoms with Crippen LogP contribution in [0.2, 0.25) is 0 Å². The van der Waals surface area contributed by atoms with Crippen molar-refractivity contribution in [1.29, 1.82) is 0 Å². The molecule has 4 N–H and O–H groups in total. The highest BCUT2D eigenvalue weighted by atomic mass is 16.5. The van der Waals surface area contributed by atoms with Crippen molar-refractivity contribution >= 4 is 17.6 Å². The van der Waals surface area contributed by atoms with E-state index in [-0.39, 0.29) is 5.95 Å². The SMILES string of the molecule is COc1cccc(C[C@H]2[C@H]3C[C@H](CN(c4cc(N)nc(N)n4)C3)[C@@H]3CCCCN32)c1. The van der Waals surface area contributed by atoms with E-state index in [1.54, 1.807) is 7.11 Å². The molecule has 1 aromatic carbocycles. The Kier molecular flexibility index (Phi) is 5.15. The van der Waals surface area contributed by atoms with Crippen molar-refractivity contribution in [2.75, 3.05) is 43.1 Å². The molecular formula is C23H32N6O. The molecule has 160 valence electrons. The van der Waals surface area contributed by atoms with E-state index in [1.165, 1.54) is 37.8 Å². The summed E-state index contributed by atoms with van der Waals surface area (Å²) in [5.74, 6) is 3.78. The normalized spacial score (nSPS) is 28.8.